The normalized spacial score (nSPS) is 12.2. The summed E-state index contributed by atoms with van der Waals surface area (Å²) in [6.45, 7) is 6.12. The van der Waals surface area contributed by atoms with Gasteiger partial charge in [0.25, 0.3) is 12.3 Å². The number of benzene rings is 2. The molecule has 0 saturated carbocycles. The first-order valence-electron chi connectivity index (χ1n) is 12.0. The molecule has 1 heterocycles. The highest BCUT2D eigenvalue weighted by atomic mass is 19.3. The zero-order valence-corrected chi connectivity index (χ0v) is 22.3. The highest BCUT2D eigenvalue weighted by molar-refractivity contribution is 5.95. The Labute approximate surface area is 220 Å². The highest BCUT2D eigenvalue weighted by Gasteiger charge is 2.27. The highest BCUT2D eigenvalue weighted by Crippen LogP contribution is 2.32. The predicted octanol–water partition coefficient (Wildman–Crippen LogP) is 5.52. The third-order valence-electron chi connectivity index (χ3n) is 5.45. The van der Waals surface area contributed by atoms with Crippen LogP contribution in [0.4, 0.5) is 13.2 Å². The molecule has 38 heavy (non-hydrogen) atoms. The lowest BCUT2D eigenvalue weighted by Gasteiger charge is -2.24. The van der Waals surface area contributed by atoms with Gasteiger partial charge in [0.2, 0.25) is 0 Å². The maximum Gasteiger partial charge on any atom is 0.272 e. The number of carbonyl (C=O) groups excluding carboxylic acids is 1. The predicted molar refractivity (Wildman–Crippen MR) is 139 cm³/mol. The van der Waals surface area contributed by atoms with Gasteiger partial charge in [0.1, 0.15) is 29.5 Å². The second-order valence-corrected chi connectivity index (χ2v) is 8.24. The summed E-state index contributed by atoms with van der Waals surface area (Å²) >= 11 is 0. The molecule has 3 rings (SSSR count). The lowest BCUT2D eigenvalue weighted by molar-refractivity contribution is 0.0489. The largest absolute Gasteiger partial charge is 0.494 e. The number of hydrogen-bond donors (Lipinski definition) is 2. The van der Waals surface area contributed by atoms with Crippen LogP contribution in [-0.2, 0) is 5.60 Å². The van der Waals surface area contributed by atoms with Gasteiger partial charge in [0.15, 0.2) is 11.5 Å². The molecule has 10 heteroatoms. The zero-order chi connectivity index (χ0) is 28.5. The molecular formula is C28H33F3N2O5. The van der Waals surface area contributed by atoms with Crippen molar-refractivity contribution in [3.63, 3.8) is 0 Å². The van der Waals surface area contributed by atoms with E-state index < -0.39 is 24.5 Å². The van der Waals surface area contributed by atoms with Crippen LogP contribution < -0.4 is 19.5 Å². The molecule has 0 aliphatic heterocycles. The lowest BCUT2D eigenvalue weighted by Crippen LogP contribution is -2.39. The van der Waals surface area contributed by atoms with Crippen LogP contribution in [-0.4, -0.2) is 49.8 Å². The van der Waals surface area contributed by atoms with E-state index in [4.69, 9.17) is 14.2 Å². The van der Waals surface area contributed by atoms with E-state index in [9.17, 15) is 23.1 Å². The number of aryl methyl sites for hydroxylation is 1. The van der Waals surface area contributed by atoms with Gasteiger partial charge in [-0.05, 0) is 67.9 Å². The standard InChI is InChI=1S/C26H27F3N2O5.C2H6/c1-15-11-16(5-7-18(15)27)24-20(34-3)9-10-22(31-24)26(2,33)14-30-25(32)17-6-8-19(21(12-17)35-4)36-13-23(28)29;1-2/h5-12,23,33H,13-14H2,1-4H3,(H,30,32);1-2H3. The molecule has 1 aromatic heterocycles. The van der Waals surface area contributed by atoms with E-state index in [-0.39, 0.29) is 35.1 Å². The molecule has 3 aromatic rings. The zero-order valence-electron chi connectivity index (χ0n) is 22.3. The second-order valence-electron chi connectivity index (χ2n) is 8.24. The number of nitrogens with zero attached hydrogens (tertiary/aromatic N) is 1. The second kappa shape index (κ2) is 13.7. The first kappa shape index (κ1) is 30.4. The third kappa shape index (κ3) is 7.61. The Bertz CT molecular complexity index is 1240. The minimum Gasteiger partial charge on any atom is -0.494 e. The molecule has 1 atom stereocenters. The molecule has 0 fully saturated rings. The number of pyridine rings is 1. The molecular weight excluding hydrogens is 501 g/mol. The van der Waals surface area contributed by atoms with Crippen molar-refractivity contribution in [1.29, 1.82) is 0 Å². The van der Waals surface area contributed by atoms with Crippen molar-refractivity contribution in [2.45, 2.75) is 39.7 Å². The van der Waals surface area contributed by atoms with E-state index >= 15 is 0 Å². The van der Waals surface area contributed by atoms with Gasteiger partial charge in [-0.1, -0.05) is 13.8 Å². The van der Waals surface area contributed by atoms with Gasteiger partial charge in [-0.3, -0.25) is 4.79 Å². The number of aromatic nitrogens is 1. The van der Waals surface area contributed by atoms with E-state index in [0.717, 1.165) is 0 Å². The number of aliphatic hydroxyl groups is 1. The van der Waals surface area contributed by atoms with Crippen molar-refractivity contribution in [2.75, 3.05) is 27.4 Å². The van der Waals surface area contributed by atoms with Crippen molar-refractivity contribution < 1.29 is 37.3 Å². The topological polar surface area (TPSA) is 89.9 Å². The average Bonchev–Trinajstić information content (AvgIpc) is 2.92. The first-order valence-corrected chi connectivity index (χ1v) is 12.0. The van der Waals surface area contributed by atoms with Crippen molar-refractivity contribution in [1.82, 2.24) is 10.3 Å². The van der Waals surface area contributed by atoms with Crippen LogP contribution in [0.5, 0.6) is 17.2 Å². The summed E-state index contributed by atoms with van der Waals surface area (Å²) in [5.41, 5.74) is 0.311. The van der Waals surface area contributed by atoms with Crippen LogP contribution in [0.15, 0.2) is 48.5 Å². The molecule has 2 N–H and O–H groups in total. The number of halogens is 3. The van der Waals surface area contributed by atoms with Gasteiger partial charge in [-0.15, -0.1) is 0 Å². The summed E-state index contributed by atoms with van der Waals surface area (Å²) in [5.74, 6) is -0.255. The maximum atomic E-state index is 13.7. The van der Waals surface area contributed by atoms with Gasteiger partial charge < -0.3 is 24.6 Å². The van der Waals surface area contributed by atoms with Crippen LogP contribution >= 0.6 is 0 Å². The van der Waals surface area contributed by atoms with Crippen LogP contribution in [0, 0.1) is 12.7 Å². The summed E-state index contributed by atoms with van der Waals surface area (Å²) in [4.78, 5) is 17.2. The number of ether oxygens (including phenoxy) is 3. The van der Waals surface area contributed by atoms with Gasteiger partial charge in [-0.25, -0.2) is 18.2 Å². The Balaban J connectivity index is 0.00000247. The van der Waals surface area contributed by atoms with Crippen molar-refractivity contribution >= 4 is 5.91 Å². The quantitative estimate of drug-likeness (QED) is 0.356. The third-order valence-corrected chi connectivity index (χ3v) is 5.45. The van der Waals surface area contributed by atoms with Gasteiger partial charge in [0.05, 0.1) is 26.5 Å². The summed E-state index contributed by atoms with van der Waals surface area (Å²) in [6, 6.07) is 11.8. The van der Waals surface area contributed by atoms with Crippen LogP contribution in [0.25, 0.3) is 11.3 Å². The number of rotatable bonds is 10. The molecule has 7 nitrogen and oxygen atoms in total. The van der Waals surface area contributed by atoms with Crippen molar-refractivity contribution in [3.05, 3.63) is 71.2 Å². The van der Waals surface area contributed by atoms with E-state index in [2.05, 4.69) is 10.3 Å². The van der Waals surface area contributed by atoms with E-state index in [1.54, 1.807) is 31.2 Å². The number of methoxy groups -OCH3 is 2. The molecule has 0 aliphatic carbocycles. The SMILES string of the molecule is CC.COc1cc(C(=O)NCC(C)(O)c2ccc(OC)c(-c3ccc(F)c(C)c3)n2)ccc1OCC(F)F. The molecule has 2 aromatic carbocycles. The number of amides is 1. The summed E-state index contributed by atoms with van der Waals surface area (Å²) in [7, 11) is 2.81. The molecule has 0 spiro atoms. The molecule has 1 unspecified atom stereocenters. The maximum absolute atomic E-state index is 13.7. The Hall–Kier alpha value is -3.79. The minimum atomic E-state index is -2.65. The first-order chi connectivity index (χ1) is 18.1. The Morgan fingerprint density at radius 1 is 1.03 bits per heavy atom. The summed E-state index contributed by atoms with van der Waals surface area (Å²) < 4.78 is 54.1. The summed E-state index contributed by atoms with van der Waals surface area (Å²) in [5, 5.41) is 13.7. The number of nitrogens with one attached hydrogen (secondary N) is 1. The van der Waals surface area contributed by atoms with Gasteiger partial charge in [-0.2, -0.15) is 0 Å². The van der Waals surface area contributed by atoms with Crippen molar-refractivity contribution in [2.24, 2.45) is 0 Å². The molecule has 0 aliphatic rings. The van der Waals surface area contributed by atoms with Crippen LogP contribution in [0.3, 0.4) is 0 Å². The minimum absolute atomic E-state index is 0.0762. The Morgan fingerprint density at radius 3 is 2.29 bits per heavy atom. The van der Waals surface area contributed by atoms with E-state index in [1.807, 2.05) is 13.8 Å². The molecule has 0 bridgehead atoms. The number of hydrogen-bond acceptors (Lipinski definition) is 6. The molecule has 1 amide bonds. The van der Waals surface area contributed by atoms with E-state index in [1.165, 1.54) is 45.4 Å². The molecule has 0 saturated heterocycles. The van der Waals surface area contributed by atoms with E-state index in [0.29, 0.717) is 22.6 Å². The fourth-order valence-corrected chi connectivity index (χ4v) is 3.44. The van der Waals surface area contributed by atoms with Gasteiger partial charge >= 0.3 is 0 Å². The smallest absolute Gasteiger partial charge is 0.272 e. The van der Waals surface area contributed by atoms with Gasteiger partial charge in [0, 0.05) is 11.1 Å². The van der Waals surface area contributed by atoms with Crippen LogP contribution in [0.1, 0.15) is 42.4 Å². The Kier molecular flexibility index (Phi) is 10.9. The lowest BCUT2D eigenvalue weighted by atomic mass is 9.99. The molecule has 206 valence electrons. The van der Waals surface area contributed by atoms with Crippen molar-refractivity contribution in [3.8, 4) is 28.5 Å². The summed E-state index contributed by atoms with van der Waals surface area (Å²) in [6.07, 6.45) is -2.65. The fraction of sp³-hybridized carbons (Fsp3) is 0.357. The number of carbonyl (C=O) groups is 1. The molecule has 0 radical (unpaired) electrons. The fourth-order valence-electron chi connectivity index (χ4n) is 3.44. The number of alkyl halides is 2. The average molecular weight is 535 g/mol. The van der Waals surface area contributed by atoms with Crippen LogP contribution in [0.2, 0.25) is 0 Å². The Morgan fingerprint density at radius 2 is 1.68 bits per heavy atom. The monoisotopic (exact) mass is 534 g/mol.